The summed E-state index contributed by atoms with van der Waals surface area (Å²) in [5.74, 6) is 1.77. The van der Waals surface area contributed by atoms with Crippen LogP contribution in [-0.4, -0.2) is 16.0 Å². The van der Waals surface area contributed by atoms with Crippen LogP contribution in [0, 0.1) is 31.1 Å². The topological polar surface area (TPSA) is 0 Å². The molecule has 0 radical (unpaired) electrons. The van der Waals surface area contributed by atoms with E-state index in [1.54, 1.807) is 11.1 Å². The third-order valence-electron chi connectivity index (χ3n) is 4.42. The van der Waals surface area contributed by atoms with Gasteiger partial charge in [-0.1, -0.05) is 12.8 Å². The van der Waals surface area contributed by atoms with Gasteiger partial charge in [0.2, 0.25) is 0 Å². The van der Waals surface area contributed by atoms with E-state index in [0.29, 0.717) is 0 Å². The molecule has 0 aliphatic heterocycles. The van der Waals surface area contributed by atoms with Crippen LogP contribution >= 0.6 is 0 Å². The fraction of sp³-hybridized carbons (Fsp3) is 0.455. The second-order valence-corrected chi connectivity index (χ2v) is 6.20. The van der Waals surface area contributed by atoms with Gasteiger partial charge in [-0.2, -0.15) is 13.8 Å². The molecule has 0 spiro atoms. The monoisotopic (exact) mass is 504 g/mol. The molecule has 4 aliphatic rings. The molecule has 2 saturated carbocycles. The van der Waals surface area contributed by atoms with Crippen LogP contribution in [0.1, 0.15) is 52.4 Å². The van der Waals surface area contributed by atoms with E-state index in [4.69, 9.17) is 0 Å². The Morgan fingerprint density at radius 1 is 0.917 bits per heavy atom. The van der Waals surface area contributed by atoms with Crippen molar-refractivity contribution in [2.45, 2.75) is 52.4 Å². The van der Waals surface area contributed by atoms with Crippen molar-refractivity contribution >= 4 is 16.0 Å². The van der Waals surface area contributed by atoms with Gasteiger partial charge in [0.1, 0.15) is 0 Å². The first kappa shape index (κ1) is 23.7. The first-order valence-electron chi connectivity index (χ1n) is 8.89. The molecule has 0 heterocycles. The molecule has 2 atom stereocenters. The summed E-state index contributed by atoms with van der Waals surface area (Å²) in [5, 5.41) is 0. The van der Waals surface area contributed by atoms with Gasteiger partial charge in [0.25, 0.3) is 0 Å². The van der Waals surface area contributed by atoms with Crippen molar-refractivity contribution in [2.75, 3.05) is 0 Å². The van der Waals surface area contributed by atoms with Gasteiger partial charge in [-0.25, -0.2) is 46.0 Å². The molecule has 0 amide bonds. The van der Waals surface area contributed by atoms with Crippen LogP contribution in [0.5, 0.6) is 0 Å². The molecule has 2 unspecified atom stereocenters. The Morgan fingerprint density at radius 2 is 1.29 bits per heavy atom. The number of hydrogen-bond donors (Lipinski definition) is 0. The normalized spacial score (nSPS) is 24.2. The van der Waals surface area contributed by atoms with Gasteiger partial charge in [-0.15, -0.1) is 37.1 Å². The minimum Gasteiger partial charge on any atom is -0.533 e. The average Bonchev–Trinajstić information content (AvgIpc) is 3.27. The Bertz CT molecular complexity index is 405. The molecule has 0 aromatic rings. The Morgan fingerprint density at radius 3 is 1.62 bits per heavy atom. The Kier molecular flexibility index (Phi) is 14.7. The van der Waals surface area contributed by atoms with Gasteiger partial charge in [-0.3, -0.25) is 0 Å². The van der Waals surface area contributed by atoms with Crippen molar-refractivity contribution in [1.82, 2.24) is 0 Å². The van der Waals surface area contributed by atoms with Crippen molar-refractivity contribution in [2.24, 2.45) is 11.8 Å². The van der Waals surface area contributed by atoms with E-state index in [1.807, 2.05) is 20.3 Å². The molecule has 128 valence electrons. The van der Waals surface area contributed by atoms with Gasteiger partial charge in [0.05, 0.1) is 0 Å². The zero-order valence-corrected chi connectivity index (χ0v) is 20.4. The molecular formula is C22H32HfSi. The van der Waals surface area contributed by atoms with Crippen LogP contribution in [0.15, 0.2) is 47.6 Å². The van der Waals surface area contributed by atoms with Crippen molar-refractivity contribution < 1.29 is 25.8 Å². The Balaban J connectivity index is 0.000000339. The first-order valence-corrected chi connectivity index (χ1v) is 9.71. The summed E-state index contributed by atoms with van der Waals surface area (Å²) < 4.78 is 0. The number of allylic oxidation sites excluding steroid dienone is 8. The molecule has 0 aromatic carbocycles. The molecule has 0 nitrogen and oxygen atoms in total. The maximum atomic E-state index is 4.53. The zero-order valence-electron chi connectivity index (χ0n) is 15.4. The average molecular weight is 503 g/mol. The third-order valence-corrected chi connectivity index (χ3v) is 4.42. The summed E-state index contributed by atoms with van der Waals surface area (Å²) in [6.07, 6.45) is 32.6. The summed E-state index contributed by atoms with van der Waals surface area (Å²) in [6, 6.07) is 0. The van der Waals surface area contributed by atoms with Crippen LogP contribution in [0.2, 0.25) is 0 Å². The molecule has 2 heteroatoms. The zero-order chi connectivity index (χ0) is 16.9. The molecule has 24 heavy (non-hydrogen) atoms. The molecule has 0 saturated heterocycles. The quantitative estimate of drug-likeness (QED) is 0.318. The maximum absolute atomic E-state index is 4.53. The molecule has 4 aliphatic carbocycles. The first-order chi connectivity index (χ1) is 11.3. The summed E-state index contributed by atoms with van der Waals surface area (Å²) in [6.45, 7) is 4.00. The van der Waals surface area contributed by atoms with Crippen LogP contribution < -0.4 is 0 Å². The minimum atomic E-state index is 0. The largest absolute Gasteiger partial charge is 4.00 e. The fourth-order valence-electron chi connectivity index (χ4n) is 3.33. The van der Waals surface area contributed by atoms with Gasteiger partial charge in [0, 0.05) is 0 Å². The van der Waals surface area contributed by atoms with Crippen LogP contribution in [0.4, 0.5) is 0 Å². The van der Waals surface area contributed by atoms with Crippen molar-refractivity contribution in [3.05, 3.63) is 66.9 Å². The fourth-order valence-corrected chi connectivity index (χ4v) is 3.33. The van der Waals surface area contributed by atoms with Crippen LogP contribution in [0.25, 0.3) is 0 Å². The van der Waals surface area contributed by atoms with E-state index >= 15 is 0 Å². The van der Waals surface area contributed by atoms with E-state index in [0.717, 1.165) is 11.8 Å². The molecule has 4 rings (SSSR count). The van der Waals surface area contributed by atoms with Crippen molar-refractivity contribution in [3.8, 4) is 0 Å². The van der Waals surface area contributed by atoms with E-state index in [-0.39, 0.29) is 25.8 Å². The van der Waals surface area contributed by atoms with Gasteiger partial charge >= 0.3 is 25.8 Å². The van der Waals surface area contributed by atoms with Crippen LogP contribution in [-0.2, 0) is 25.8 Å². The van der Waals surface area contributed by atoms with Crippen molar-refractivity contribution in [1.29, 1.82) is 0 Å². The predicted molar refractivity (Wildman–Crippen MR) is 108 cm³/mol. The number of hydrogen-bond acceptors (Lipinski definition) is 0. The second kappa shape index (κ2) is 15.0. The molecule has 2 fully saturated rings. The van der Waals surface area contributed by atoms with E-state index in [1.165, 1.54) is 48.4 Å². The SMILES string of the molecule is C1=CCC2CC[CH-]C2=C1.C1=CCC2CC[CH-]C2=C1.C[CH-]C.[CH-]=[SiH2].[Hf+4]. The molecule has 0 N–H and O–H groups in total. The van der Waals surface area contributed by atoms with Crippen LogP contribution in [0.3, 0.4) is 0 Å². The summed E-state index contributed by atoms with van der Waals surface area (Å²) in [5.41, 5.74) is 3.16. The predicted octanol–water partition coefficient (Wildman–Crippen LogP) is 5.13. The van der Waals surface area contributed by atoms with E-state index in [9.17, 15) is 0 Å². The summed E-state index contributed by atoms with van der Waals surface area (Å²) in [7, 11) is 1.36. The third kappa shape index (κ3) is 8.16. The Hall–Kier alpha value is -0.343. The summed E-state index contributed by atoms with van der Waals surface area (Å²) in [4.78, 5) is 0. The minimum absolute atomic E-state index is 0. The van der Waals surface area contributed by atoms with Crippen molar-refractivity contribution in [3.63, 3.8) is 0 Å². The smallest absolute Gasteiger partial charge is 0.533 e. The molecule has 0 aromatic heterocycles. The Labute approximate surface area is 172 Å². The molecular weight excluding hydrogens is 471 g/mol. The standard InChI is InChI=1S/2C9H11.C3H7.CH3Si.Hf/c2*1-2-5-9-7-3-6-8(9)4-1;1-3-2;1-2;/h2*1-2,4,6,9H,3,5,7H2;3H,1-2H3;1H,2H2;/q4*-1;+4. The molecule has 0 bridgehead atoms. The van der Waals surface area contributed by atoms with Gasteiger partial charge in [-0.05, 0) is 24.7 Å². The van der Waals surface area contributed by atoms with Gasteiger partial charge in [0.15, 0.2) is 0 Å². The second-order valence-electron chi connectivity index (χ2n) is 6.20. The number of rotatable bonds is 0. The summed E-state index contributed by atoms with van der Waals surface area (Å²) >= 11 is 0. The van der Waals surface area contributed by atoms with E-state index in [2.05, 4.69) is 55.5 Å². The number of fused-ring (bicyclic) bond motifs is 2. The van der Waals surface area contributed by atoms with E-state index < -0.39 is 0 Å². The maximum Gasteiger partial charge on any atom is 4.00 e. The van der Waals surface area contributed by atoms with Gasteiger partial charge < -0.3 is 12.6 Å².